The van der Waals surface area contributed by atoms with Crippen molar-refractivity contribution in [3.63, 3.8) is 0 Å². The molecule has 1 aromatic heterocycles. The summed E-state index contributed by atoms with van der Waals surface area (Å²) < 4.78 is 2.34. The summed E-state index contributed by atoms with van der Waals surface area (Å²) in [5.74, 6) is 6.96. The second-order valence-electron chi connectivity index (χ2n) is 6.60. The molecule has 3 aromatic rings. The van der Waals surface area contributed by atoms with E-state index in [1.165, 1.54) is 16.4 Å². The molecular formula is C20H20BrN5OS. The summed E-state index contributed by atoms with van der Waals surface area (Å²) in [5.41, 5.74) is 1.79. The quantitative estimate of drug-likeness (QED) is 0.464. The third kappa shape index (κ3) is 3.79. The van der Waals surface area contributed by atoms with Gasteiger partial charge in [-0.2, -0.15) is 0 Å². The van der Waals surface area contributed by atoms with E-state index in [4.69, 9.17) is 5.84 Å². The third-order valence-corrected chi connectivity index (χ3v) is 6.64. The highest BCUT2D eigenvalue weighted by atomic mass is 79.9. The van der Waals surface area contributed by atoms with Gasteiger partial charge in [-0.15, -0.1) is 10.2 Å². The molecule has 0 bridgehead atoms. The molecule has 2 heterocycles. The Bertz CT molecular complexity index is 972. The number of halogens is 1. The normalized spacial score (nSPS) is 15.0. The van der Waals surface area contributed by atoms with E-state index in [2.05, 4.69) is 26.1 Å². The van der Waals surface area contributed by atoms with Crippen LogP contribution in [-0.4, -0.2) is 38.8 Å². The van der Waals surface area contributed by atoms with Crippen molar-refractivity contribution in [2.24, 2.45) is 0 Å². The minimum atomic E-state index is -0.405. The molecule has 28 heavy (non-hydrogen) atoms. The monoisotopic (exact) mass is 457 g/mol. The average molecular weight is 458 g/mol. The number of amides is 1. The molecule has 1 aliphatic heterocycles. The molecule has 1 saturated heterocycles. The highest BCUT2D eigenvalue weighted by Crippen LogP contribution is 2.37. The number of carbonyl (C=O) groups is 1. The van der Waals surface area contributed by atoms with E-state index in [0.717, 1.165) is 41.5 Å². The molecular weight excluding hydrogens is 438 g/mol. The second kappa shape index (κ2) is 8.36. The zero-order valence-electron chi connectivity index (χ0n) is 15.2. The predicted molar refractivity (Wildman–Crippen MR) is 114 cm³/mol. The third-order valence-electron chi connectivity index (χ3n) is 4.75. The van der Waals surface area contributed by atoms with E-state index >= 15 is 0 Å². The number of carbonyl (C=O) groups excluding carboxylic acids is 1. The molecule has 144 valence electrons. The predicted octanol–water partition coefficient (Wildman–Crippen LogP) is 3.88. The van der Waals surface area contributed by atoms with Gasteiger partial charge in [-0.1, -0.05) is 70.2 Å². The Morgan fingerprint density at radius 1 is 1.04 bits per heavy atom. The maximum Gasteiger partial charge on any atom is 0.240 e. The summed E-state index contributed by atoms with van der Waals surface area (Å²) >= 11 is 4.87. The number of aromatic nitrogens is 3. The van der Waals surface area contributed by atoms with Crippen molar-refractivity contribution in [2.45, 2.75) is 23.2 Å². The van der Waals surface area contributed by atoms with Crippen LogP contribution in [0.1, 0.15) is 23.7 Å². The van der Waals surface area contributed by atoms with E-state index < -0.39 is 5.25 Å². The van der Waals surface area contributed by atoms with Crippen LogP contribution in [0, 0.1) is 0 Å². The molecule has 8 heteroatoms. The zero-order chi connectivity index (χ0) is 19.5. The number of thioether (sulfide) groups is 1. The van der Waals surface area contributed by atoms with E-state index in [0.29, 0.717) is 11.0 Å². The van der Waals surface area contributed by atoms with Crippen LogP contribution in [0.15, 0.2) is 64.2 Å². The van der Waals surface area contributed by atoms with Gasteiger partial charge in [-0.25, -0.2) is 4.68 Å². The second-order valence-corrected chi connectivity index (χ2v) is 8.52. The first-order chi connectivity index (χ1) is 13.6. The van der Waals surface area contributed by atoms with Crippen LogP contribution in [0.2, 0.25) is 0 Å². The van der Waals surface area contributed by atoms with Crippen molar-refractivity contribution in [3.8, 4) is 11.4 Å². The first-order valence-corrected chi connectivity index (χ1v) is 10.8. The van der Waals surface area contributed by atoms with Gasteiger partial charge in [0.1, 0.15) is 5.25 Å². The Hall–Kier alpha value is -2.32. The van der Waals surface area contributed by atoms with Crippen molar-refractivity contribution >= 4 is 33.6 Å². The summed E-state index contributed by atoms with van der Waals surface area (Å²) in [7, 11) is 0. The number of likely N-dealkylation sites (tertiary alicyclic amines) is 1. The van der Waals surface area contributed by atoms with Gasteiger partial charge in [0.2, 0.25) is 11.1 Å². The number of benzene rings is 2. The van der Waals surface area contributed by atoms with Crippen LogP contribution in [-0.2, 0) is 4.79 Å². The molecule has 6 nitrogen and oxygen atoms in total. The number of nitrogens with zero attached hydrogens (tertiary/aromatic N) is 4. The summed E-state index contributed by atoms with van der Waals surface area (Å²) in [6.45, 7) is 1.61. The molecule has 4 rings (SSSR count). The Morgan fingerprint density at radius 2 is 1.71 bits per heavy atom. The standard InChI is InChI=1S/C20H20BrN5OS/c21-16-11-5-4-10-15(16)18-23-24-20(26(18)22)28-17(14-8-2-1-3-9-14)19(27)25-12-6-7-13-25/h1-5,8-11,17H,6-7,12-13,22H2. The van der Waals surface area contributed by atoms with Gasteiger partial charge in [0, 0.05) is 23.1 Å². The van der Waals surface area contributed by atoms with Crippen LogP contribution >= 0.6 is 27.7 Å². The van der Waals surface area contributed by atoms with Crippen LogP contribution in [0.3, 0.4) is 0 Å². The van der Waals surface area contributed by atoms with Crippen molar-refractivity contribution < 1.29 is 4.79 Å². The van der Waals surface area contributed by atoms with Gasteiger partial charge in [0.05, 0.1) is 0 Å². The van der Waals surface area contributed by atoms with Crippen LogP contribution in [0.5, 0.6) is 0 Å². The molecule has 0 aliphatic carbocycles. The molecule has 2 aromatic carbocycles. The summed E-state index contributed by atoms with van der Waals surface area (Å²) in [5, 5.41) is 8.63. The first kappa shape index (κ1) is 19.0. The van der Waals surface area contributed by atoms with Gasteiger partial charge in [0.25, 0.3) is 0 Å². The summed E-state index contributed by atoms with van der Waals surface area (Å²) in [6.07, 6.45) is 2.11. The summed E-state index contributed by atoms with van der Waals surface area (Å²) in [4.78, 5) is 15.1. The molecule has 1 fully saturated rings. The van der Waals surface area contributed by atoms with Gasteiger partial charge in [-0.05, 0) is 30.5 Å². The van der Waals surface area contributed by atoms with E-state index in [9.17, 15) is 4.79 Å². The molecule has 2 N–H and O–H groups in total. The van der Waals surface area contributed by atoms with Crippen molar-refractivity contribution in [1.82, 2.24) is 19.8 Å². The Kier molecular flexibility index (Phi) is 5.68. The fourth-order valence-corrected chi connectivity index (χ4v) is 4.79. The average Bonchev–Trinajstić information content (AvgIpc) is 3.37. The van der Waals surface area contributed by atoms with Crippen LogP contribution < -0.4 is 5.84 Å². The number of rotatable bonds is 5. The lowest BCUT2D eigenvalue weighted by atomic mass is 10.1. The van der Waals surface area contributed by atoms with E-state index in [1.807, 2.05) is 59.5 Å². The lowest BCUT2D eigenvalue weighted by Crippen LogP contribution is -2.31. The van der Waals surface area contributed by atoms with E-state index in [-0.39, 0.29) is 5.91 Å². The van der Waals surface area contributed by atoms with Crippen molar-refractivity contribution in [1.29, 1.82) is 0 Å². The molecule has 0 saturated carbocycles. The zero-order valence-corrected chi connectivity index (χ0v) is 17.6. The van der Waals surface area contributed by atoms with Gasteiger partial charge in [0.15, 0.2) is 5.82 Å². The topological polar surface area (TPSA) is 77.0 Å². The molecule has 0 radical (unpaired) electrons. The number of nitrogens with two attached hydrogens (primary N) is 1. The SMILES string of the molecule is Nn1c(SC(C(=O)N2CCCC2)c2ccccc2)nnc1-c1ccccc1Br. The molecule has 1 aliphatic rings. The van der Waals surface area contributed by atoms with Gasteiger partial charge < -0.3 is 10.7 Å². The lowest BCUT2D eigenvalue weighted by molar-refractivity contribution is -0.129. The maximum absolute atomic E-state index is 13.2. The summed E-state index contributed by atoms with van der Waals surface area (Å²) in [6, 6.07) is 17.5. The number of nitrogen functional groups attached to an aromatic ring is 1. The smallest absolute Gasteiger partial charge is 0.240 e. The Labute approximate surface area is 176 Å². The maximum atomic E-state index is 13.2. The molecule has 1 amide bonds. The van der Waals surface area contributed by atoms with Crippen molar-refractivity contribution in [3.05, 3.63) is 64.6 Å². The Balaban J connectivity index is 1.66. The highest BCUT2D eigenvalue weighted by Gasteiger charge is 2.30. The van der Waals surface area contributed by atoms with Crippen LogP contribution in [0.25, 0.3) is 11.4 Å². The number of hydrogen-bond acceptors (Lipinski definition) is 5. The Morgan fingerprint density at radius 3 is 2.43 bits per heavy atom. The molecule has 0 spiro atoms. The van der Waals surface area contributed by atoms with E-state index in [1.54, 1.807) is 0 Å². The minimum Gasteiger partial charge on any atom is -0.341 e. The van der Waals surface area contributed by atoms with Crippen LogP contribution in [0.4, 0.5) is 0 Å². The lowest BCUT2D eigenvalue weighted by Gasteiger charge is -2.22. The fraction of sp³-hybridized carbons (Fsp3) is 0.250. The largest absolute Gasteiger partial charge is 0.341 e. The van der Waals surface area contributed by atoms with Crippen molar-refractivity contribution in [2.75, 3.05) is 18.9 Å². The fourth-order valence-electron chi connectivity index (χ4n) is 3.28. The molecule has 1 atom stereocenters. The van der Waals surface area contributed by atoms with Gasteiger partial charge >= 0.3 is 0 Å². The highest BCUT2D eigenvalue weighted by molar-refractivity contribution is 9.10. The minimum absolute atomic E-state index is 0.0964. The first-order valence-electron chi connectivity index (χ1n) is 9.11. The number of hydrogen-bond donors (Lipinski definition) is 1. The van der Waals surface area contributed by atoms with Gasteiger partial charge in [-0.3, -0.25) is 4.79 Å². The molecule has 1 unspecified atom stereocenters.